The zero-order valence-corrected chi connectivity index (χ0v) is 11.4. The molecule has 10 heteroatoms. The van der Waals surface area contributed by atoms with Crippen molar-refractivity contribution in [2.75, 3.05) is 0 Å². The van der Waals surface area contributed by atoms with Gasteiger partial charge in [-0.15, -0.1) is 0 Å². The lowest BCUT2D eigenvalue weighted by Crippen LogP contribution is -2.14. The van der Waals surface area contributed by atoms with Crippen molar-refractivity contribution in [1.29, 1.82) is 0 Å². The minimum Gasteiger partial charge on any atom is -0.361 e. The summed E-state index contributed by atoms with van der Waals surface area (Å²) in [6.45, 7) is 0. The molecule has 0 spiro atoms. The van der Waals surface area contributed by atoms with Gasteiger partial charge in [0.25, 0.3) is 20.2 Å². The maximum atomic E-state index is 11.3. The summed E-state index contributed by atoms with van der Waals surface area (Å²) in [6, 6.07) is 1.60. The van der Waals surface area contributed by atoms with E-state index in [1.165, 1.54) is 12.2 Å². The van der Waals surface area contributed by atoms with Gasteiger partial charge in [0.2, 0.25) is 0 Å². The molecule has 1 aliphatic carbocycles. The van der Waals surface area contributed by atoms with Gasteiger partial charge in [-0.2, -0.15) is 21.6 Å². The molecule has 1 aliphatic rings. The Bertz CT molecular complexity index is 877. The Balaban J connectivity index is 2.98. The second-order valence-corrected chi connectivity index (χ2v) is 6.80. The quantitative estimate of drug-likeness (QED) is 0.464. The largest absolute Gasteiger partial charge is 0.361 e. The molecule has 0 fully saturated rings. The highest BCUT2D eigenvalue weighted by Crippen LogP contribution is 2.29. The van der Waals surface area contributed by atoms with Gasteiger partial charge in [0.05, 0.1) is 16.9 Å². The van der Waals surface area contributed by atoms with E-state index in [-0.39, 0.29) is 23.3 Å². The fourth-order valence-corrected chi connectivity index (χ4v) is 3.21. The van der Waals surface area contributed by atoms with Crippen molar-refractivity contribution in [2.45, 2.75) is 16.2 Å². The number of allylic oxidation sites excluding steroid dienone is 1. The van der Waals surface area contributed by atoms with Gasteiger partial charge in [-0.25, -0.2) is 0 Å². The van der Waals surface area contributed by atoms with Crippen LogP contribution in [0.15, 0.2) is 28.0 Å². The molecule has 8 nitrogen and oxygen atoms in total. The van der Waals surface area contributed by atoms with E-state index in [2.05, 4.69) is 4.79 Å². The lowest BCUT2D eigenvalue weighted by atomic mass is 9.95. The number of fused-ring (bicyclic) bond motifs is 1. The van der Waals surface area contributed by atoms with Crippen molar-refractivity contribution in [3.05, 3.63) is 34.9 Å². The molecular weight excluding hydrogens is 308 g/mol. The predicted octanol–water partition coefficient (Wildman–Crippen LogP) is 0.616. The van der Waals surface area contributed by atoms with Crippen LogP contribution in [0.1, 0.15) is 17.5 Å². The molecule has 1 aromatic rings. The van der Waals surface area contributed by atoms with Crippen LogP contribution in [0, 0.1) is 0 Å². The van der Waals surface area contributed by atoms with E-state index in [0.29, 0.717) is 6.07 Å². The third-order valence-electron chi connectivity index (χ3n) is 2.72. The zero-order valence-electron chi connectivity index (χ0n) is 9.75. The standard InChI is InChI=1S/C10H8N2O6S2/c11-12-9-3-1-2-7-8(9)4-6(19(13,14)15)5-10(7)20(16,17)18/h1-2,4-5H,3H2,(H,13,14,15)(H,16,17,18). The maximum Gasteiger partial charge on any atom is 0.303 e. The monoisotopic (exact) mass is 316 g/mol. The summed E-state index contributed by atoms with van der Waals surface area (Å²) in [7, 11) is -9.41. The van der Waals surface area contributed by atoms with E-state index < -0.39 is 30.0 Å². The molecule has 0 heterocycles. The normalized spacial score (nSPS) is 14.8. The SMILES string of the molecule is [N-]=[N+]=C1CC=Cc2c1cc(S(=O)(=O)O)cc2S(=O)(=O)O. The number of benzene rings is 1. The summed E-state index contributed by atoms with van der Waals surface area (Å²) >= 11 is 0. The number of hydrogen-bond donors (Lipinski definition) is 2. The topological polar surface area (TPSA) is 145 Å². The highest BCUT2D eigenvalue weighted by Gasteiger charge is 2.28. The van der Waals surface area contributed by atoms with Crippen molar-refractivity contribution in [2.24, 2.45) is 0 Å². The summed E-state index contributed by atoms with van der Waals surface area (Å²) in [6.07, 6.45) is 2.98. The molecule has 106 valence electrons. The Morgan fingerprint density at radius 1 is 1.10 bits per heavy atom. The number of hydrogen-bond acceptors (Lipinski definition) is 4. The highest BCUT2D eigenvalue weighted by molar-refractivity contribution is 7.86. The third kappa shape index (κ3) is 2.55. The van der Waals surface area contributed by atoms with Crippen molar-refractivity contribution >= 4 is 32.0 Å². The fourth-order valence-electron chi connectivity index (χ4n) is 1.87. The predicted molar refractivity (Wildman–Crippen MR) is 67.5 cm³/mol. The molecule has 0 amide bonds. The summed E-state index contributed by atoms with van der Waals surface area (Å²) in [5.74, 6) is 0. The molecular formula is C10H8N2O6S2. The molecule has 0 aliphatic heterocycles. The minimum atomic E-state index is -4.72. The molecule has 2 N–H and O–H groups in total. The van der Waals surface area contributed by atoms with Gasteiger partial charge in [0.1, 0.15) is 4.90 Å². The average Bonchev–Trinajstić information content (AvgIpc) is 2.34. The highest BCUT2D eigenvalue weighted by atomic mass is 32.2. The molecule has 0 bridgehead atoms. The first kappa shape index (κ1) is 14.6. The molecule has 20 heavy (non-hydrogen) atoms. The molecule has 1 aromatic carbocycles. The van der Waals surface area contributed by atoms with E-state index in [4.69, 9.17) is 14.6 Å². The summed E-state index contributed by atoms with van der Waals surface area (Å²) in [5, 5.41) is 0. The average molecular weight is 316 g/mol. The Hall–Kier alpha value is -1.84. The summed E-state index contributed by atoms with van der Waals surface area (Å²) < 4.78 is 63.1. The summed E-state index contributed by atoms with van der Waals surface area (Å²) in [5.41, 5.74) is 8.85. The second-order valence-electron chi connectivity index (χ2n) is 3.99. The van der Waals surface area contributed by atoms with E-state index in [1.807, 2.05) is 0 Å². The van der Waals surface area contributed by atoms with Gasteiger partial charge in [0.15, 0.2) is 0 Å². The van der Waals surface area contributed by atoms with Gasteiger partial charge in [-0.3, -0.25) is 9.11 Å². The van der Waals surface area contributed by atoms with Crippen LogP contribution in [0.2, 0.25) is 0 Å². The Morgan fingerprint density at radius 2 is 1.75 bits per heavy atom. The first-order chi connectivity index (χ1) is 9.14. The molecule has 0 atom stereocenters. The van der Waals surface area contributed by atoms with Gasteiger partial charge in [-0.05, 0) is 12.1 Å². The van der Waals surface area contributed by atoms with Crippen molar-refractivity contribution in [3.8, 4) is 0 Å². The van der Waals surface area contributed by atoms with Crippen LogP contribution in [0.3, 0.4) is 0 Å². The molecule has 0 unspecified atom stereocenters. The molecule has 0 aromatic heterocycles. The van der Waals surface area contributed by atoms with Crippen LogP contribution < -0.4 is 0 Å². The molecule has 0 saturated carbocycles. The Kier molecular flexibility index (Phi) is 3.36. The summed E-state index contributed by atoms with van der Waals surface area (Å²) in [4.78, 5) is 1.53. The molecule has 0 radical (unpaired) electrons. The molecule has 2 rings (SSSR count). The van der Waals surface area contributed by atoms with E-state index in [1.54, 1.807) is 0 Å². The van der Waals surface area contributed by atoms with Crippen LogP contribution in [-0.2, 0) is 20.2 Å². The lowest BCUT2D eigenvalue weighted by molar-refractivity contribution is -0.00610. The van der Waals surface area contributed by atoms with Crippen molar-refractivity contribution in [1.82, 2.24) is 0 Å². The van der Waals surface area contributed by atoms with E-state index in [0.717, 1.165) is 6.07 Å². The van der Waals surface area contributed by atoms with Gasteiger partial charge in [-0.1, -0.05) is 12.2 Å². The maximum absolute atomic E-state index is 11.3. The van der Waals surface area contributed by atoms with E-state index in [9.17, 15) is 16.8 Å². The fraction of sp³-hybridized carbons (Fsp3) is 0.100. The first-order valence-electron chi connectivity index (χ1n) is 5.15. The lowest BCUT2D eigenvalue weighted by Gasteiger charge is -2.12. The van der Waals surface area contributed by atoms with E-state index >= 15 is 0 Å². The number of nitrogens with zero attached hydrogens (tertiary/aromatic N) is 2. The van der Waals surface area contributed by atoms with Gasteiger partial charge >= 0.3 is 5.71 Å². The first-order valence-corrected chi connectivity index (χ1v) is 8.03. The van der Waals surface area contributed by atoms with Crippen LogP contribution >= 0.6 is 0 Å². The van der Waals surface area contributed by atoms with Crippen LogP contribution in [0.25, 0.3) is 11.6 Å². The third-order valence-corrected chi connectivity index (χ3v) is 4.44. The van der Waals surface area contributed by atoms with Crippen LogP contribution in [0.4, 0.5) is 0 Å². The minimum absolute atomic E-state index is 0.00208. The zero-order chi connectivity index (χ0) is 15.1. The molecule has 0 saturated heterocycles. The Labute approximate surface area is 114 Å². The number of rotatable bonds is 2. The second kappa shape index (κ2) is 4.62. The van der Waals surface area contributed by atoms with Crippen molar-refractivity contribution < 1.29 is 30.7 Å². The van der Waals surface area contributed by atoms with Crippen molar-refractivity contribution in [3.63, 3.8) is 0 Å². The van der Waals surface area contributed by atoms with Gasteiger partial charge < -0.3 is 5.53 Å². The Morgan fingerprint density at radius 3 is 2.25 bits per heavy atom. The van der Waals surface area contributed by atoms with Gasteiger partial charge in [0, 0.05) is 5.56 Å². The smallest absolute Gasteiger partial charge is 0.303 e. The van der Waals surface area contributed by atoms with Crippen LogP contribution in [0.5, 0.6) is 0 Å². The van der Waals surface area contributed by atoms with Crippen LogP contribution in [-0.4, -0.2) is 36.4 Å².